The van der Waals surface area contributed by atoms with E-state index in [9.17, 15) is 4.79 Å². The molecule has 1 aliphatic rings. The lowest BCUT2D eigenvalue weighted by Gasteiger charge is -2.32. The van der Waals surface area contributed by atoms with Crippen LogP contribution in [0.2, 0.25) is 0 Å². The highest BCUT2D eigenvalue weighted by Crippen LogP contribution is 2.18. The summed E-state index contributed by atoms with van der Waals surface area (Å²) in [6, 6.07) is 14.3. The number of hydrogen-bond donors (Lipinski definition) is 1. The van der Waals surface area contributed by atoms with Gasteiger partial charge in [0.05, 0.1) is 19.8 Å². The highest BCUT2D eigenvalue weighted by molar-refractivity contribution is 7.09. The number of carbonyl (C=O) groups excluding carboxylic acids is 1. The van der Waals surface area contributed by atoms with Crippen LogP contribution in [0.3, 0.4) is 0 Å². The number of piperidine rings is 1. The minimum atomic E-state index is 0.0381. The molecule has 2 amide bonds. The number of nitrogens with one attached hydrogen (secondary N) is 1. The summed E-state index contributed by atoms with van der Waals surface area (Å²) in [5.74, 6) is 0.426. The Balaban J connectivity index is 1.39. The molecule has 0 spiro atoms. The fourth-order valence-corrected chi connectivity index (χ4v) is 3.64. The molecule has 0 unspecified atom stereocenters. The van der Waals surface area contributed by atoms with Crippen molar-refractivity contribution in [1.29, 1.82) is 0 Å². The molecule has 5 heteroatoms. The second-order valence-electron chi connectivity index (χ2n) is 6.19. The van der Waals surface area contributed by atoms with Gasteiger partial charge in [0.15, 0.2) is 0 Å². The van der Waals surface area contributed by atoms with Gasteiger partial charge >= 0.3 is 6.03 Å². The molecule has 0 bridgehead atoms. The summed E-state index contributed by atoms with van der Waals surface area (Å²) in [7, 11) is 0. The lowest BCUT2D eigenvalue weighted by atomic mass is 9.99. The van der Waals surface area contributed by atoms with E-state index in [4.69, 9.17) is 4.74 Å². The van der Waals surface area contributed by atoms with Gasteiger partial charge in [0.25, 0.3) is 0 Å². The van der Waals surface area contributed by atoms with Crippen molar-refractivity contribution in [3.8, 4) is 0 Å². The number of thiophene rings is 1. The van der Waals surface area contributed by atoms with Gasteiger partial charge in [0.2, 0.25) is 0 Å². The van der Waals surface area contributed by atoms with Crippen molar-refractivity contribution in [3.63, 3.8) is 0 Å². The maximum atomic E-state index is 12.3. The largest absolute Gasteiger partial charge is 0.376 e. The fraction of sp³-hybridized carbons (Fsp3) is 0.421. The number of amides is 2. The summed E-state index contributed by atoms with van der Waals surface area (Å²) >= 11 is 1.67. The van der Waals surface area contributed by atoms with Gasteiger partial charge in [-0.1, -0.05) is 36.4 Å². The average molecular weight is 344 g/mol. The second kappa shape index (κ2) is 8.85. The lowest BCUT2D eigenvalue weighted by Crippen LogP contribution is -2.46. The molecule has 3 rings (SSSR count). The van der Waals surface area contributed by atoms with Crippen LogP contribution in [0.1, 0.15) is 23.3 Å². The molecule has 0 saturated carbocycles. The first-order valence-electron chi connectivity index (χ1n) is 8.48. The minimum absolute atomic E-state index is 0.0381. The highest BCUT2D eigenvalue weighted by Gasteiger charge is 2.23. The van der Waals surface area contributed by atoms with Gasteiger partial charge < -0.3 is 15.0 Å². The van der Waals surface area contributed by atoms with Crippen LogP contribution in [0, 0.1) is 5.92 Å². The van der Waals surface area contributed by atoms with Crippen LogP contribution in [-0.2, 0) is 17.9 Å². The van der Waals surface area contributed by atoms with Crippen LogP contribution in [0.4, 0.5) is 4.79 Å². The molecule has 2 aromatic rings. The first-order valence-corrected chi connectivity index (χ1v) is 9.36. The zero-order valence-corrected chi connectivity index (χ0v) is 14.6. The Hall–Kier alpha value is -1.85. The number of carbonyl (C=O) groups is 1. The van der Waals surface area contributed by atoms with Crippen molar-refractivity contribution in [2.45, 2.75) is 26.0 Å². The average Bonchev–Trinajstić information content (AvgIpc) is 3.14. The van der Waals surface area contributed by atoms with Crippen molar-refractivity contribution in [2.24, 2.45) is 5.92 Å². The first-order chi connectivity index (χ1) is 11.8. The quantitative estimate of drug-likeness (QED) is 0.864. The molecule has 1 aliphatic heterocycles. The third-order valence-electron chi connectivity index (χ3n) is 4.27. The number of benzene rings is 1. The van der Waals surface area contributed by atoms with Gasteiger partial charge in [-0.3, -0.25) is 0 Å². The summed E-state index contributed by atoms with van der Waals surface area (Å²) in [6.45, 7) is 3.59. The van der Waals surface area contributed by atoms with Gasteiger partial charge in [-0.25, -0.2) is 4.79 Å². The maximum Gasteiger partial charge on any atom is 0.317 e. The van der Waals surface area contributed by atoms with Crippen molar-refractivity contribution in [2.75, 3.05) is 19.7 Å². The standard InChI is InChI=1S/C19H24N2O2S/c22-19(20-12-18-9-5-11-24-18)21-10-4-8-17(13-21)15-23-14-16-6-2-1-3-7-16/h1-3,5-7,9,11,17H,4,8,10,12-15H2,(H,20,22)/t17-/m0/s1. The Morgan fingerprint density at radius 1 is 1.25 bits per heavy atom. The Labute approximate surface area is 147 Å². The van der Waals surface area contributed by atoms with Crippen LogP contribution in [0.25, 0.3) is 0 Å². The normalized spacial score (nSPS) is 17.7. The van der Waals surface area contributed by atoms with Gasteiger partial charge in [0.1, 0.15) is 0 Å². The van der Waals surface area contributed by atoms with E-state index in [1.807, 2.05) is 40.6 Å². The molecule has 0 aliphatic carbocycles. The summed E-state index contributed by atoms with van der Waals surface area (Å²) in [4.78, 5) is 15.4. The monoisotopic (exact) mass is 344 g/mol. The van der Waals surface area contributed by atoms with Crippen molar-refractivity contribution < 1.29 is 9.53 Å². The molecule has 128 valence electrons. The summed E-state index contributed by atoms with van der Waals surface area (Å²) in [5, 5.41) is 5.04. The molecule has 1 aromatic heterocycles. The van der Waals surface area contributed by atoms with E-state index in [2.05, 4.69) is 17.4 Å². The van der Waals surface area contributed by atoms with Gasteiger partial charge in [0, 0.05) is 23.9 Å². The molecule has 24 heavy (non-hydrogen) atoms. The van der Waals surface area contributed by atoms with E-state index in [0.29, 0.717) is 25.7 Å². The minimum Gasteiger partial charge on any atom is -0.376 e. The molecule has 4 nitrogen and oxygen atoms in total. The fourth-order valence-electron chi connectivity index (χ4n) is 2.99. The Morgan fingerprint density at radius 2 is 2.12 bits per heavy atom. The molecule has 1 N–H and O–H groups in total. The van der Waals surface area contributed by atoms with E-state index in [0.717, 1.165) is 25.9 Å². The van der Waals surface area contributed by atoms with Crippen molar-refractivity contribution >= 4 is 17.4 Å². The van der Waals surface area contributed by atoms with Crippen LogP contribution >= 0.6 is 11.3 Å². The van der Waals surface area contributed by atoms with Crippen molar-refractivity contribution in [1.82, 2.24) is 10.2 Å². The molecular weight excluding hydrogens is 320 g/mol. The number of likely N-dealkylation sites (tertiary alicyclic amines) is 1. The maximum absolute atomic E-state index is 12.3. The molecule has 1 fully saturated rings. The molecule has 1 aromatic carbocycles. The van der Waals surface area contributed by atoms with Gasteiger partial charge in [-0.15, -0.1) is 11.3 Å². The number of rotatable bonds is 6. The van der Waals surface area contributed by atoms with Crippen LogP contribution in [0.5, 0.6) is 0 Å². The van der Waals surface area contributed by atoms with Crippen molar-refractivity contribution in [3.05, 3.63) is 58.3 Å². The van der Waals surface area contributed by atoms with E-state index >= 15 is 0 Å². The SMILES string of the molecule is O=C(NCc1cccs1)N1CCC[C@H](COCc2ccccc2)C1. The second-order valence-corrected chi connectivity index (χ2v) is 7.23. The molecular formula is C19H24N2O2S. The van der Waals surface area contributed by atoms with E-state index in [1.54, 1.807) is 11.3 Å². The van der Waals surface area contributed by atoms with E-state index in [1.165, 1.54) is 10.4 Å². The summed E-state index contributed by atoms with van der Waals surface area (Å²) < 4.78 is 5.85. The zero-order valence-electron chi connectivity index (χ0n) is 13.8. The smallest absolute Gasteiger partial charge is 0.317 e. The van der Waals surface area contributed by atoms with Crippen LogP contribution < -0.4 is 5.32 Å². The summed E-state index contributed by atoms with van der Waals surface area (Å²) in [5.41, 5.74) is 1.19. The molecule has 2 heterocycles. The Kier molecular flexibility index (Phi) is 6.26. The Morgan fingerprint density at radius 3 is 2.92 bits per heavy atom. The third kappa shape index (κ3) is 5.08. The predicted molar refractivity (Wildman–Crippen MR) is 96.9 cm³/mol. The Bertz CT molecular complexity index is 616. The highest BCUT2D eigenvalue weighted by atomic mass is 32.1. The van der Waals surface area contributed by atoms with Crippen LogP contribution in [0.15, 0.2) is 47.8 Å². The number of ether oxygens (including phenoxy) is 1. The first kappa shape index (κ1) is 17.0. The van der Waals surface area contributed by atoms with Crippen LogP contribution in [-0.4, -0.2) is 30.6 Å². The number of hydrogen-bond acceptors (Lipinski definition) is 3. The van der Waals surface area contributed by atoms with E-state index < -0.39 is 0 Å². The number of urea groups is 1. The third-order valence-corrected chi connectivity index (χ3v) is 5.14. The topological polar surface area (TPSA) is 41.6 Å². The lowest BCUT2D eigenvalue weighted by molar-refractivity contribution is 0.0591. The number of nitrogens with zero attached hydrogens (tertiary/aromatic N) is 1. The van der Waals surface area contributed by atoms with Gasteiger partial charge in [-0.2, -0.15) is 0 Å². The summed E-state index contributed by atoms with van der Waals surface area (Å²) in [6.07, 6.45) is 2.18. The van der Waals surface area contributed by atoms with E-state index in [-0.39, 0.29) is 6.03 Å². The zero-order chi connectivity index (χ0) is 16.6. The molecule has 1 saturated heterocycles. The molecule has 0 radical (unpaired) electrons. The predicted octanol–water partition coefficient (Wildman–Crippen LogP) is 3.89. The van der Waals surface area contributed by atoms with Gasteiger partial charge in [-0.05, 0) is 29.9 Å². The molecule has 1 atom stereocenters.